The van der Waals surface area contributed by atoms with Gasteiger partial charge in [-0.05, 0) is 29.7 Å². The van der Waals surface area contributed by atoms with E-state index < -0.39 is 15.9 Å². The number of hydrogen-bond donors (Lipinski definition) is 2. The van der Waals surface area contributed by atoms with Gasteiger partial charge in [-0.3, -0.25) is 4.79 Å². The smallest absolute Gasteiger partial charge is 0.239 e. The van der Waals surface area contributed by atoms with Gasteiger partial charge in [-0.15, -0.1) is 0 Å². The topological polar surface area (TPSA) is 75.3 Å². The molecule has 0 saturated heterocycles. The Balaban J connectivity index is 1.92. The Bertz CT molecular complexity index is 758. The fourth-order valence-electron chi connectivity index (χ4n) is 2.20. The van der Waals surface area contributed by atoms with Crippen LogP contribution in [-0.2, 0) is 27.0 Å². The second kappa shape index (κ2) is 7.89. The van der Waals surface area contributed by atoms with Crippen molar-refractivity contribution in [1.29, 1.82) is 0 Å². The number of rotatable bonds is 7. The van der Waals surface area contributed by atoms with Crippen molar-refractivity contribution in [2.45, 2.75) is 19.1 Å². The van der Waals surface area contributed by atoms with Gasteiger partial charge in [-0.25, -0.2) is 13.1 Å². The summed E-state index contributed by atoms with van der Waals surface area (Å²) in [5.74, 6) is -0.529. The summed E-state index contributed by atoms with van der Waals surface area (Å²) in [4.78, 5) is 11.8. The molecule has 1 amide bonds. The summed E-state index contributed by atoms with van der Waals surface area (Å²) >= 11 is 0. The van der Waals surface area contributed by atoms with Crippen LogP contribution in [-0.4, -0.2) is 20.9 Å². The molecule has 0 atom stereocenters. The highest BCUT2D eigenvalue weighted by atomic mass is 32.2. The molecule has 0 fully saturated rings. The van der Waals surface area contributed by atoms with Crippen LogP contribution in [0.25, 0.3) is 0 Å². The molecule has 6 heteroatoms. The number of para-hydroxylation sites is 1. The summed E-state index contributed by atoms with van der Waals surface area (Å²) in [6, 6.07) is 16.3. The lowest BCUT2D eigenvalue weighted by atomic mass is 10.1. The molecule has 0 aliphatic carbocycles. The van der Waals surface area contributed by atoms with Crippen molar-refractivity contribution in [3.63, 3.8) is 0 Å². The van der Waals surface area contributed by atoms with E-state index in [1.807, 2.05) is 31.2 Å². The van der Waals surface area contributed by atoms with Crippen LogP contribution in [0.5, 0.6) is 0 Å². The fourth-order valence-corrected chi connectivity index (χ4v) is 3.35. The van der Waals surface area contributed by atoms with Gasteiger partial charge in [0.1, 0.15) is 0 Å². The maximum atomic E-state index is 12.1. The van der Waals surface area contributed by atoms with Gasteiger partial charge in [0.15, 0.2) is 0 Å². The number of benzene rings is 2. The van der Waals surface area contributed by atoms with E-state index in [2.05, 4.69) is 10.0 Å². The summed E-state index contributed by atoms with van der Waals surface area (Å²) in [7, 11) is -3.57. The summed E-state index contributed by atoms with van der Waals surface area (Å²) in [6.45, 7) is 1.69. The van der Waals surface area contributed by atoms with E-state index in [1.165, 1.54) is 0 Å². The molecular formula is C17H20N2O3S. The standard InChI is InChI=1S/C17H20N2O3S/c1-2-14-8-6-7-9-15(14)13-23(21,22)18-12-17(20)19-16-10-4-3-5-11-16/h3-11,18H,2,12-13H2,1H3,(H,19,20). The summed E-state index contributed by atoms with van der Waals surface area (Å²) in [5.41, 5.74) is 2.38. The molecule has 0 aliphatic heterocycles. The fraction of sp³-hybridized carbons (Fsp3) is 0.235. The van der Waals surface area contributed by atoms with Crippen LogP contribution in [0.15, 0.2) is 54.6 Å². The summed E-state index contributed by atoms with van der Waals surface area (Å²) < 4.78 is 26.6. The summed E-state index contributed by atoms with van der Waals surface area (Å²) in [6.07, 6.45) is 0.764. The number of aryl methyl sites for hydroxylation is 1. The summed E-state index contributed by atoms with van der Waals surface area (Å²) in [5, 5.41) is 2.64. The van der Waals surface area contributed by atoms with Crippen molar-refractivity contribution >= 4 is 21.6 Å². The van der Waals surface area contributed by atoms with Crippen LogP contribution in [0, 0.1) is 0 Å². The number of sulfonamides is 1. The second-order valence-corrected chi connectivity index (χ2v) is 6.92. The minimum absolute atomic E-state index is 0.129. The lowest BCUT2D eigenvalue weighted by Crippen LogP contribution is -2.33. The zero-order valence-corrected chi connectivity index (χ0v) is 13.8. The first-order valence-corrected chi connectivity index (χ1v) is 9.04. The Morgan fingerprint density at radius 2 is 1.57 bits per heavy atom. The van der Waals surface area contributed by atoms with Crippen molar-refractivity contribution < 1.29 is 13.2 Å². The lowest BCUT2D eigenvalue weighted by molar-refractivity contribution is -0.115. The quantitative estimate of drug-likeness (QED) is 0.817. The molecule has 0 radical (unpaired) electrons. The van der Waals surface area contributed by atoms with Gasteiger partial charge in [-0.1, -0.05) is 49.4 Å². The van der Waals surface area contributed by atoms with Crippen molar-refractivity contribution in [2.75, 3.05) is 11.9 Å². The van der Waals surface area contributed by atoms with Gasteiger partial charge in [0.05, 0.1) is 12.3 Å². The molecule has 2 aromatic carbocycles. The van der Waals surface area contributed by atoms with Gasteiger partial charge < -0.3 is 5.32 Å². The third-order valence-electron chi connectivity index (χ3n) is 3.35. The van der Waals surface area contributed by atoms with E-state index in [1.54, 1.807) is 30.3 Å². The third kappa shape index (κ3) is 5.50. The zero-order chi connectivity index (χ0) is 16.7. The largest absolute Gasteiger partial charge is 0.325 e. The minimum Gasteiger partial charge on any atom is -0.325 e. The molecule has 2 aromatic rings. The van der Waals surface area contributed by atoms with E-state index in [0.717, 1.165) is 17.5 Å². The Kier molecular flexibility index (Phi) is 5.90. The predicted octanol–water partition coefficient (Wildman–Crippen LogP) is 2.31. The molecule has 0 aromatic heterocycles. The van der Waals surface area contributed by atoms with Crippen LogP contribution in [0.2, 0.25) is 0 Å². The molecule has 2 N–H and O–H groups in total. The maximum Gasteiger partial charge on any atom is 0.239 e. The van der Waals surface area contributed by atoms with Gasteiger partial charge in [-0.2, -0.15) is 0 Å². The lowest BCUT2D eigenvalue weighted by Gasteiger charge is -2.10. The maximum absolute atomic E-state index is 12.1. The van der Waals surface area contributed by atoms with Crippen molar-refractivity contribution in [3.8, 4) is 0 Å². The molecule has 0 aliphatic rings. The van der Waals surface area contributed by atoms with Crippen molar-refractivity contribution in [1.82, 2.24) is 4.72 Å². The Labute approximate surface area is 136 Å². The highest BCUT2D eigenvalue weighted by Gasteiger charge is 2.15. The van der Waals surface area contributed by atoms with Crippen LogP contribution in [0.4, 0.5) is 5.69 Å². The molecule has 0 unspecified atom stereocenters. The molecule has 0 spiro atoms. The van der Waals surface area contributed by atoms with E-state index in [4.69, 9.17) is 0 Å². The van der Waals surface area contributed by atoms with Gasteiger partial charge in [0, 0.05) is 5.69 Å². The predicted molar refractivity (Wildman–Crippen MR) is 91.5 cm³/mol. The molecule has 23 heavy (non-hydrogen) atoms. The highest BCUT2D eigenvalue weighted by Crippen LogP contribution is 2.12. The van der Waals surface area contributed by atoms with E-state index in [-0.39, 0.29) is 12.3 Å². The first kappa shape index (κ1) is 17.2. The number of anilines is 1. The van der Waals surface area contributed by atoms with Crippen LogP contribution >= 0.6 is 0 Å². The van der Waals surface area contributed by atoms with E-state index in [0.29, 0.717) is 5.69 Å². The van der Waals surface area contributed by atoms with Crippen LogP contribution in [0.1, 0.15) is 18.1 Å². The van der Waals surface area contributed by atoms with Crippen molar-refractivity contribution in [3.05, 3.63) is 65.7 Å². The second-order valence-electron chi connectivity index (χ2n) is 5.12. The molecular weight excluding hydrogens is 312 g/mol. The highest BCUT2D eigenvalue weighted by molar-refractivity contribution is 7.88. The number of carbonyl (C=O) groups excluding carboxylic acids is 1. The van der Waals surface area contributed by atoms with E-state index >= 15 is 0 Å². The normalized spacial score (nSPS) is 11.2. The van der Waals surface area contributed by atoms with Crippen molar-refractivity contribution in [2.24, 2.45) is 0 Å². The molecule has 122 valence electrons. The first-order chi connectivity index (χ1) is 11.0. The molecule has 0 saturated carbocycles. The zero-order valence-electron chi connectivity index (χ0n) is 13.0. The number of nitrogens with one attached hydrogen (secondary N) is 2. The number of hydrogen-bond acceptors (Lipinski definition) is 3. The molecule has 2 rings (SSSR count). The average Bonchev–Trinajstić information content (AvgIpc) is 2.54. The molecule has 0 bridgehead atoms. The Morgan fingerprint density at radius 3 is 2.22 bits per heavy atom. The van der Waals surface area contributed by atoms with Crippen LogP contribution in [0.3, 0.4) is 0 Å². The first-order valence-electron chi connectivity index (χ1n) is 7.39. The van der Waals surface area contributed by atoms with Crippen LogP contribution < -0.4 is 10.0 Å². The minimum atomic E-state index is -3.57. The van der Waals surface area contributed by atoms with E-state index in [9.17, 15) is 13.2 Å². The molecule has 0 heterocycles. The van der Waals surface area contributed by atoms with Gasteiger partial charge in [0.25, 0.3) is 0 Å². The average molecular weight is 332 g/mol. The molecule has 5 nitrogen and oxygen atoms in total. The Morgan fingerprint density at radius 1 is 0.957 bits per heavy atom. The Hall–Kier alpha value is -2.18. The van der Waals surface area contributed by atoms with Gasteiger partial charge >= 0.3 is 0 Å². The monoisotopic (exact) mass is 332 g/mol. The SMILES string of the molecule is CCc1ccccc1CS(=O)(=O)NCC(=O)Nc1ccccc1. The number of carbonyl (C=O) groups is 1. The third-order valence-corrected chi connectivity index (χ3v) is 4.63. The number of amides is 1. The van der Waals surface area contributed by atoms with Gasteiger partial charge in [0.2, 0.25) is 15.9 Å².